The van der Waals surface area contributed by atoms with Crippen LogP contribution in [0.25, 0.3) is 10.4 Å². The molecule has 4 nitrogen and oxygen atoms in total. The molecule has 0 radical (unpaired) electrons. The number of aromatic carboxylic acids is 1. The lowest BCUT2D eigenvalue weighted by Crippen LogP contribution is -2.42. The number of amides is 1. The number of carboxylic acid groups (broad SMARTS) is 1. The summed E-state index contributed by atoms with van der Waals surface area (Å²) in [5.74, 6) is -0.913. The Labute approximate surface area is 183 Å². The maximum Gasteiger partial charge on any atom is 0.416 e. The minimum Gasteiger partial charge on any atom is -0.477 e. The lowest BCUT2D eigenvalue weighted by molar-refractivity contribution is -0.137. The number of hydrogen-bond acceptors (Lipinski definition) is 3. The van der Waals surface area contributed by atoms with Gasteiger partial charge in [-0.3, -0.25) is 4.79 Å². The lowest BCUT2D eigenvalue weighted by atomic mass is 9.82. The Hall–Kier alpha value is -2.35. The number of carbonyl (C=O) groups excluding carboxylic acids is 1. The molecule has 1 fully saturated rings. The van der Waals surface area contributed by atoms with Crippen LogP contribution in [0, 0.1) is 11.8 Å². The van der Waals surface area contributed by atoms with Gasteiger partial charge in [0.2, 0.25) is 5.91 Å². The van der Waals surface area contributed by atoms with Gasteiger partial charge in [0.1, 0.15) is 4.88 Å². The van der Waals surface area contributed by atoms with Gasteiger partial charge in [-0.25, -0.2) is 4.79 Å². The molecule has 8 heteroatoms. The van der Waals surface area contributed by atoms with E-state index in [-0.39, 0.29) is 34.0 Å². The first-order valence-corrected chi connectivity index (χ1v) is 11.2. The molecule has 2 aromatic rings. The van der Waals surface area contributed by atoms with Crippen molar-refractivity contribution in [2.75, 3.05) is 4.90 Å². The maximum atomic E-state index is 13.3. The fraction of sp³-hybridized carbons (Fsp3) is 0.478. The molecule has 1 heterocycles. The van der Waals surface area contributed by atoms with Crippen LogP contribution in [0.15, 0.2) is 30.3 Å². The second-order valence-corrected chi connectivity index (χ2v) is 9.52. The number of nitrogens with zero attached hydrogens (tertiary/aromatic N) is 1. The molecule has 0 spiro atoms. The molecule has 1 N–H and O–H groups in total. The highest BCUT2D eigenvalue weighted by Crippen LogP contribution is 2.41. The fourth-order valence-corrected chi connectivity index (χ4v) is 5.04. The Kier molecular flexibility index (Phi) is 6.79. The predicted molar refractivity (Wildman–Crippen MR) is 115 cm³/mol. The van der Waals surface area contributed by atoms with Crippen molar-refractivity contribution in [3.8, 4) is 10.4 Å². The summed E-state index contributed by atoms with van der Waals surface area (Å²) in [5, 5.41) is 9.76. The summed E-state index contributed by atoms with van der Waals surface area (Å²) in [7, 11) is 0. The third-order valence-electron chi connectivity index (χ3n) is 5.76. The molecule has 1 aromatic carbocycles. The van der Waals surface area contributed by atoms with Gasteiger partial charge in [0.05, 0.1) is 11.3 Å². The number of hydrogen-bond donors (Lipinski definition) is 1. The van der Waals surface area contributed by atoms with Crippen molar-refractivity contribution in [1.82, 2.24) is 0 Å². The van der Waals surface area contributed by atoms with Gasteiger partial charge in [-0.2, -0.15) is 13.2 Å². The number of carbonyl (C=O) groups is 2. The minimum absolute atomic E-state index is 0.0429. The van der Waals surface area contributed by atoms with Crippen LogP contribution in [-0.4, -0.2) is 23.0 Å². The van der Waals surface area contributed by atoms with E-state index in [1.807, 2.05) is 13.8 Å². The van der Waals surface area contributed by atoms with Crippen LogP contribution in [0.3, 0.4) is 0 Å². The summed E-state index contributed by atoms with van der Waals surface area (Å²) in [4.78, 5) is 27.1. The molecule has 0 atom stereocenters. The van der Waals surface area contributed by atoms with Crippen molar-refractivity contribution in [2.45, 2.75) is 58.7 Å². The smallest absolute Gasteiger partial charge is 0.416 e. The van der Waals surface area contributed by atoms with Crippen molar-refractivity contribution in [3.63, 3.8) is 0 Å². The molecule has 1 saturated carbocycles. The Morgan fingerprint density at radius 2 is 1.77 bits per heavy atom. The molecule has 1 aliphatic carbocycles. The SMILES string of the molecule is CC1CCC(C(=O)N(c2cc(-c3cccc(C(F)(F)F)c3)sc2C(=O)O)C(C)C)CC1. The van der Waals surface area contributed by atoms with Gasteiger partial charge in [-0.1, -0.05) is 19.1 Å². The van der Waals surface area contributed by atoms with Crippen LogP contribution in [0.5, 0.6) is 0 Å². The van der Waals surface area contributed by atoms with Crippen LogP contribution in [0.4, 0.5) is 18.9 Å². The van der Waals surface area contributed by atoms with Crippen molar-refractivity contribution in [2.24, 2.45) is 11.8 Å². The first kappa shape index (κ1) is 23.3. The third kappa shape index (κ3) is 5.11. The van der Waals surface area contributed by atoms with Crippen molar-refractivity contribution in [3.05, 3.63) is 40.8 Å². The zero-order chi connectivity index (χ0) is 22.9. The number of rotatable bonds is 5. The Morgan fingerprint density at radius 3 is 2.32 bits per heavy atom. The topological polar surface area (TPSA) is 57.6 Å². The highest BCUT2D eigenvalue weighted by molar-refractivity contribution is 7.18. The summed E-state index contributed by atoms with van der Waals surface area (Å²) < 4.78 is 39.4. The molecular formula is C23H26F3NO3S. The van der Waals surface area contributed by atoms with Crippen molar-refractivity contribution < 1.29 is 27.9 Å². The molecule has 168 valence electrons. The Bertz CT molecular complexity index is 959. The van der Waals surface area contributed by atoms with E-state index in [1.165, 1.54) is 23.1 Å². The quantitative estimate of drug-likeness (QED) is 0.548. The van der Waals surface area contributed by atoms with Gasteiger partial charge in [-0.15, -0.1) is 11.3 Å². The molecular weight excluding hydrogens is 427 g/mol. The zero-order valence-corrected chi connectivity index (χ0v) is 18.5. The van der Waals surface area contributed by atoms with E-state index in [0.717, 1.165) is 49.2 Å². The average Bonchev–Trinajstić information content (AvgIpc) is 3.13. The molecule has 1 amide bonds. The van der Waals surface area contributed by atoms with E-state index in [0.29, 0.717) is 10.8 Å². The number of halogens is 3. The normalized spacial score (nSPS) is 19.5. The molecule has 0 unspecified atom stereocenters. The summed E-state index contributed by atoms with van der Waals surface area (Å²) in [6, 6.07) is 6.05. The predicted octanol–water partition coefficient (Wildman–Crippen LogP) is 6.70. The van der Waals surface area contributed by atoms with E-state index in [9.17, 15) is 27.9 Å². The highest BCUT2D eigenvalue weighted by atomic mass is 32.1. The molecule has 0 bridgehead atoms. The lowest BCUT2D eigenvalue weighted by Gasteiger charge is -2.33. The van der Waals surface area contributed by atoms with Gasteiger partial charge in [0.15, 0.2) is 0 Å². The van der Waals surface area contributed by atoms with Gasteiger partial charge in [0.25, 0.3) is 0 Å². The second kappa shape index (κ2) is 9.02. The van der Waals surface area contributed by atoms with Crippen LogP contribution >= 0.6 is 11.3 Å². The van der Waals surface area contributed by atoms with E-state index >= 15 is 0 Å². The highest BCUT2D eigenvalue weighted by Gasteiger charge is 2.34. The molecule has 3 rings (SSSR count). The minimum atomic E-state index is -4.50. The van der Waals surface area contributed by atoms with Crippen LogP contribution in [0.2, 0.25) is 0 Å². The first-order chi connectivity index (χ1) is 14.5. The number of anilines is 1. The van der Waals surface area contributed by atoms with Gasteiger partial charge < -0.3 is 10.0 Å². The summed E-state index contributed by atoms with van der Waals surface area (Å²) in [6.45, 7) is 5.79. The van der Waals surface area contributed by atoms with Crippen LogP contribution < -0.4 is 4.90 Å². The number of thiophene rings is 1. The van der Waals surface area contributed by atoms with Crippen molar-refractivity contribution in [1.29, 1.82) is 0 Å². The Morgan fingerprint density at radius 1 is 1.13 bits per heavy atom. The fourth-order valence-electron chi connectivity index (χ4n) is 4.06. The molecule has 1 aromatic heterocycles. The second-order valence-electron chi connectivity index (χ2n) is 8.47. The largest absolute Gasteiger partial charge is 0.477 e. The number of alkyl halides is 3. The van der Waals surface area contributed by atoms with E-state index < -0.39 is 17.7 Å². The van der Waals surface area contributed by atoms with Crippen molar-refractivity contribution >= 4 is 28.9 Å². The summed E-state index contributed by atoms with van der Waals surface area (Å²) >= 11 is 0.889. The number of carboxylic acids is 1. The summed E-state index contributed by atoms with van der Waals surface area (Å²) in [6.07, 6.45) is -1.07. The van der Waals surface area contributed by atoms with E-state index in [1.54, 1.807) is 0 Å². The molecule has 31 heavy (non-hydrogen) atoms. The van der Waals surface area contributed by atoms with Crippen LogP contribution in [-0.2, 0) is 11.0 Å². The summed E-state index contributed by atoms with van der Waals surface area (Å²) in [5.41, 5.74) is -0.273. The molecule has 0 saturated heterocycles. The van der Waals surface area contributed by atoms with Gasteiger partial charge in [0, 0.05) is 16.8 Å². The molecule has 0 aliphatic heterocycles. The number of benzene rings is 1. The molecule has 1 aliphatic rings. The average molecular weight is 454 g/mol. The van der Waals surface area contributed by atoms with E-state index in [2.05, 4.69) is 6.92 Å². The van der Waals surface area contributed by atoms with Gasteiger partial charge >= 0.3 is 12.1 Å². The standard InChI is InChI=1S/C23H26F3NO3S/c1-13(2)27(21(28)15-9-7-14(3)8-10-15)18-12-19(31-20(18)22(29)30)16-5-4-6-17(11-16)23(24,25)26/h4-6,11-15H,7-10H2,1-3H3,(H,29,30). The third-order valence-corrected chi connectivity index (χ3v) is 6.92. The monoisotopic (exact) mass is 453 g/mol. The Balaban J connectivity index is 2.02. The van der Waals surface area contributed by atoms with Crippen LogP contribution in [0.1, 0.15) is 61.7 Å². The van der Waals surface area contributed by atoms with Gasteiger partial charge in [-0.05, 0) is 69.2 Å². The first-order valence-electron chi connectivity index (χ1n) is 10.4. The maximum absolute atomic E-state index is 13.3. The van der Waals surface area contributed by atoms with E-state index in [4.69, 9.17) is 0 Å². The zero-order valence-electron chi connectivity index (χ0n) is 17.7.